The largest absolute Gasteiger partial charge is 0.493 e. The molecular formula is C29H40FNO4. The van der Waals surface area contributed by atoms with Gasteiger partial charge in [0.2, 0.25) is 0 Å². The molecule has 1 aromatic carbocycles. The smallest absolute Gasteiger partial charge is 0.332 e. The van der Waals surface area contributed by atoms with Gasteiger partial charge >= 0.3 is 5.97 Å². The van der Waals surface area contributed by atoms with Crippen LogP contribution in [0.15, 0.2) is 12.1 Å². The van der Waals surface area contributed by atoms with Gasteiger partial charge in [-0.1, -0.05) is 13.8 Å². The first-order valence-electron chi connectivity index (χ1n) is 13.6. The molecule has 2 bridgehead atoms. The van der Waals surface area contributed by atoms with Gasteiger partial charge in [-0.2, -0.15) is 0 Å². The summed E-state index contributed by atoms with van der Waals surface area (Å²) in [4.78, 5) is 27.1. The summed E-state index contributed by atoms with van der Waals surface area (Å²) in [7, 11) is 1.58. The monoisotopic (exact) mass is 485 g/mol. The third kappa shape index (κ3) is 4.82. The summed E-state index contributed by atoms with van der Waals surface area (Å²) >= 11 is 0. The molecule has 0 aromatic heterocycles. The topological polar surface area (TPSA) is 55.8 Å². The van der Waals surface area contributed by atoms with E-state index in [9.17, 15) is 9.59 Å². The highest BCUT2D eigenvalue weighted by atomic mass is 19.1. The molecule has 0 heterocycles. The van der Waals surface area contributed by atoms with E-state index in [4.69, 9.17) is 9.47 Å². The summed E-state index contributed by atoms with van der Waals surface area (Å²) in [6.07, 6.45) is 9.46. The Balaban J connectivity index is 1.33. The third-order valence-electron chi connectivity index (χ3n) is 8.95. The molecule has 0 N–H and O–H groups in total. The maximum absolute atomic E-state index is 15.3. The Labute approximate surface area is 208 Å². The molecule has 4 aliphatic carbocycles. The van der Waals surface area contributed by atoms with Crippen molar-refractivity contribution in [2.45, 2.75) is 90.0 Å². The summed E-state index contributed by atoms with van der Waals surface area (Å²) in [5, 5.41) is 0. The Bertz CT molecular complexity index is 981. The Kier molecular flexibility index (Phi) is 6.38. The predicted molar refractivity (Wildman–Crippen MR) is 132 cm³/mol. The number of amides is 1. The normalized spacial score (nSPS) is 30.9. The number of likely N-dealkylation sites (N-methyl/N-ethyl adjacent to an activating group) is 1. The fourth-order valence-corrected chi connectivity index (χ4v) is 7.09. The number of nitrogens with zero attached hydrogens (tertiary/aromatic N) is 1. The zero-order valence-corrected chi connectivity index (χ0v) is 21.7. The maximum atomic E-state index is 15.3. The van der Waals surface area contributed by atoms with Gasteiger partial charge < -0.3 is 14.4 Å². The predicted octanol–water partition coefficient (Wildman–Crippen LogP) is 6.10. The van der Waals surface area contributed by atoms with E-state index in [-0.39, 0.29) is 17.6 Å². The average Bonchev–Trinajstić information content (AvgIpc) is 3.70. The number of hydrogen-bond donors (Lipinski definition) is 0. The minimum atomic E-state index is -0.959. The molecule has 4 fully saturated rings. The molecule has 1 aromatic rings. The molecule has 5 rings (SSSR count). The number of ether oxygens (including phenoxy) is 2. The number of carbonyl (C=O) groups is 2. The van der Waals surface area contributed by atoms with Crippen molar-refractivity contribution in [2.24, 2.45) is 23.2 Å². The Morgan fingerprint density at radius 2 is 1.77 bits per heavy atom. The van der Waals surface area contributed by atoms with E-state index >= 15 is 4.39 Å². The van der Waals surface area contributed by atoms with Crippen LogP contribution in [0.25, 0.3) is 0 Å². The number of esters is 1. The lowest BCUT2D eigenvalue weighted by molar-refractivity contribution is -0.149. The van der Waals surface area contributed by atoms with E-state index in [1.54, 1.807) is 20.0 Å². The first kappa shape index (κ1) is 24.6. The van der Waals surface area contributed by atoms with Gasteiger partial charge in [0.1, 0.15) is 17.1 Å². The maximum Gasteiger partial charge on any atom is 0.332 e. The molecule has 2 unspecified atom stereocenters. The summed E-state index contributed by atoms with van der Waals surface area (Å²) in [6, 6.07) is 3.09. The van der Waals surface area contributed by atoms with Crippen molar-refractivity contribution < 1.29 is 23.5 Å². The van der Waals surface area contributed by atoms with E-state index < -0.39 is 23.2 Å². The van der Waals surface area contributed by atoms with Crippen LogP contribution in [0.5, 0.6) is 5.75 Å². The van der Waals surface area contributed by atoms with Crippen LogP contribution in [-0.4, -0.2) is 42.6 Å². The van der Waals surface area contributed by atoms with Crippen molar-refractivity contribution in [2.75, 3.05) is 20.3 Å². The SMILES string of the molecule is CCOC(=O)C1(N(C)C(=O)c2cc(C3CC3)c(OCC3(C)CC4CC(C)CC(C4)C3)cc2F)CC1. The van der Waals surface area contributed by atoms with Crippen LogP contribution in [0.2, 0.25) is 0 Å². The Morgan fingerprint density at radius 3 is 2.34 bits per heavy atom. The second-order valence-electron chi connectivity index (χ2n) is 12.3. The van der Waals surface area contributed by atoms with E-state index in [2.05, 4.69) is 13.8 Å². The molecule has 192 valence electrons. The number of benzene rings is 1. The van der Waals surface area contributed by atoms with Crippen molar-refractivity contribution >= 4 is 11.9 Å². The first-order valence-corrected chi connectivity index (χ1v) is 13.6. The van der Waals surface area contributed by atoms with Crippen molar-refractivity contribution in [3.63, 3.8) is 0 Å². The van der Waals surface area contributed by atoms with E-state index in [0.29, 0.717) is 31.1 Å². The summed E-state index contributed by atoms with van der Waals surface area (Å²) < 4.78 is 26.9. The van der Waals surface area contributed by atoms with Gasteiger partial charge in [0.15, 0.2) is 0 Å². The molecular weight excluding hydrogens is 445 g/mol. The lowest BCUT2D eigenvalue weighted by atomic mass is 9.60. The zero-order chi connectivity index (χ0) is 25.0. The zero-order valence-electron chi connectivity index (χ0n) is 21.7. The van der Waals surface area contributed by atoms with Gasteiger partial charge in [-0.05, 0) is 100 Å². The minimum absolute atomic E-state index is 0.0183. The van der Waals surface area contributed by atoms with Gasteiger partial charge in [0, 0.05) is 18.5 Å². The van der Waals surface area contributed by atoms with Gasteiger partial charge in [-0.15, -0.1) is 0 Å². The lowest BCUT2D eigenvalue weighted by Gasteiger charge is -2.47. The third-order valence-corrected chi connectivity index (χ3v) is 8.95. The lowest BCUT2D eigenvalue weighted by Crippen LogP contribution is -2.45. The van der Waals surface area contributed by atoms with Gasteiger partial charge in [-0.3, -0.25) is 4.79 Å². The highest BCUT2D eigenvalue weighted by molar-refractivity contribution is 5.99. The van der Waals surface area contributed by atoms with Crippen molar-refractivity contribution in [3.05, 3.63) is 29.1 Å². The van der Waals surface area contributed by atoms with E-state index in [0.717, 1.165) is 36.2 Å². The molecule has 6 heteroatoms. The molecule has 5 nitrogen and oxygen atoms in total. The molecule has 0 spiro atoms. The Morgan fingerprint density at radius 1 is 1.11 bits per heavy atom. The molecule has 0 radical (unpaired) electrons. The molecule has 4 aliphatic rings. The van der Waals surface area contributed by atoms with E-state index in [1.807, 2.05) is 0 Å². The van der Waals surface area contributed by atoms with Crippen LogP contribution in [0, 0.1) is 29.0 Å². The first-order chi connectivity index (χ1) is 16.6. The van der Waals surface area contributed by atoms with Gasteiger partial charge in [-0.25, -0.2) is 9.18 Å². The molecule has 35 heavy (non-hydrogen) atoms. The second kappa shape index (κ2) is 9.08. The fraction of sp³-hybridized carbons (Fsp3) is 0.724. The highest BCUT2D eigenvalue weighted by Crippen LogP contribution is 2.51. The number of hydrogen-bond acceptors (Lipinski definition) is 4. The van der Waals surface area contributed by atoms with Crippen LogP contribution in [0.1, 0.15) is 100 Å². The van der Waals surface area contributed by atoms with Gasteiger partial charge in [0.05, 0.1) is 18.8 Å². The Hall–Kier alpha value is -2.11. The average molecular weight is 486 g/mol. The summed E-state index contributed by atoms with van der Waals surface area (Å²) in [5.41, 5.74) is 0.0965. The number of fused-ring (bicyclic) bond motifs is 2. The molecule has 0 aliphatic heterocycles. The van der Waals surface area contributed by atoms with Crippen LogP contribution in [-0.2, 0) is 9.53 Å². The molecule has 2 atom stereocenters. The molecule has 4 saturated carbocycles. The summed E-state index contributed by atoms with van der Waals surface area (Å²) in [6.45, 7) is 7.30. The van der Waals surface area contributed by atoms with Crippen LogP contribution < -0.4 is 4.74 Å². The standard InChI is InChI=1S/C29H40FNO4/c1-5-34-27(33)29(8-9-29)31(4)26(32)23-13-22(21-6-7-21)25(14-24(23)30)35-17-28(3)15-19-10-18(2)11-20(12-19)16-28/h13-14,18-21H,5-12,15-17H2,1-4H3. The number of rotatable bonds is 8. The molecule has 0 saturated heterocycles. The minimum Gasteiger partial charge on any atom is -0.493 e. The van der Waals surface area contributed by atoms with Crippen molar-refractivity contribution in [1.29, 1.82) is 0 Å². The highest BCUT2D eigenvalue weighted by Gasteiger charge is 2.57. The quantitative estimate of drug-likeness (QED) is 0.418. The second-order valence-corrected chi connectivity index (χ2v) is 12.3. The van der Waals surface area contributed by atoms with Crippen LogP contribution >= 0.6 is 0 Å². The number of carbonyl (C=O) groups excluding carboxylic acids is 2. The number of halogens is 1. The summed E-state index contributed by atoms with van der Waals surface area (Å²) in [5.74, 6) is 1.80. The fourth-order valence-electron chi connectivity index (χ4n) is 7.09. The van der Waals surface area contributed by atoms with Gasteiger partial charge in [0.25, 0.3) is 5.91 Å². The van der Waals surface area contributed by atoms with Crippen molar-refractivity contribution in [3.8, 4) is 5.75 Å². The molecule has 1 amide bonds. The van der Waals surface area contributed by atoms with Crippen molar-refractivity contribution in [1.82, 2.24) is 4.90 Å². The van der Waals surface area contributed by atoms with Crippen LogP contribution in [0.4, 0.5) is 4.39 Å². The van der Waals surface area contributed by atoms with Crippen LogP contribution in [0.3, 0.4) is 0 Å². The van der Waals surface area contributed by atoms with E-state index in [1.165, 1.54) is 43.1 Å².